The fourth-order valence-electron chi connectivity index (χ4n) is 1.82. The lowest BCUT2D eigenvalue weighted by atomic mass is 10.1. The zero-order valence-corrected chi connectivity index (χ0v) is 15.1. The van der Waals surface area contributed by atoms with Gasteiger partial charge in [-0.25, -0.2) is 13.1 Å². The second-order valence-corrected chi connectivity index (χ2v) is 8.86. The van der Waals surface area contributed by atoms with Crippen LogP contribution in [0.3, 0.4) is 0 Å². The predicted molar refractivity (Wildman–Crippen MR) is 91.3 cm³/mol. The Kier molecular flexibility index (Phi) is 6.71. The zero-order valence-electron chi connectivity index (χ0n) is 13.5. The molecule has 2 N–H and O–H groups in total. The molecule has 0 aliphatic rings. The highest BCUT2D eigenvalue weighted by atomic mass is 32.2. The smallest absolute Gasteiger partial charge is 0.240 e. The lowest BCUT2D eigenvalue weighted by Crippen LogP contribution is -2.36. The summed E-state index contributed by atoms with van der Waals surface area (Å²) in [5.41, 5.74) is 1.83. The Morgan fingerprint density at radius 1 is 1.29 bits per heavy atom. The number of hydrogen-bond donors (Lipinski definition) is 2. The van der Waals surface area contributed by atoms with E-state index in [2.05, 4.69) is 10.0 Å². The summed E-state index contributed by atoms with van der Waals surface area (Å²) in [6.45, 7) is 9.89. The first kappa shape index (κ1) is 18.5. The van der Waals surface area contributed by atoms with Crippen LogP contribution in [0.25, 0.3) is 0 Å². The molecule has 0 bridgehead atoms. The van der Waals surface area contributed by atoms with Gasteiger partial charge in [0.1, 0.15) is 0 Å². The van der Waals surface area contributed by atoms with Crippen molar-refractivity contribution in [2.24, 2.45) is 0 Å². The Bertz CT molecular complexity index is 569. The normalized spacial score (nSPS) is 12.6. The summed E-state index contributed by atoms with van der Waals surface area (Å²) in [6, 6.07) is 5.43. The fraction of sp³-hybridized carbons (Fsp3) is 0.600. The van der Waals surface area contributed by atoms with Crippen LogP contribution in [0.15, 0.2) is 23.1 Å². The Balaban J connectivity index is 2.98. The first-order chi connectivity index (χ1) is 9.73. The molecule has 0 aliphatic carbocycles. The fourth-order valence-corrected chi connectivity index (χ4v) is 3.63. The third kappa shape index (κ3) is 5.29. The van der Waals surface area contributed by atoms with Gasteiger partial charge in [-0.05, 0) is 50.8 Å². The van der Waals surface area contributed by atoms with Crippen LogP contribution in [0, 0.1) is 6.92 Å². The van der Waals surface area contributed by atoms with Gasteiger partial charge in [0, 0.05) is 17.8 Å². The van der Waals surface area contributed by atoms with Crippen molar-refractivity contribution in [3.05, 3.63) is 29.3 Å². The highest BCUT2D eigenvalue weighted by Crippen LogP contribution is 2.22. The van der Waals surface area contributed by atoms with Gasteiger partial charge >= 0.3 is 0 Å². The minimum absolute atomic E-state index is 0.123. The first-order valence-electron chi connectivity index (χ1n) is 7.07. The van der Waals surface area contributed by atoms with Crippen LogP contribution in [0.2, 0.25) is 0 Å². The molecule has 0 unspecified atom stereocenters. The van der Waals surface area contributed by atoms with E-state index in [4.69, 9.17) is 0 Å². The monoisotopic (exact) mass is 330 g/mol. The van der Waals surface area contributed by atoms with Crippen molar-refractivity contribution in [1.82, 2.24) is 10.0 Å². The van der Waals surface area contributed by atoms with Crippen LogP contribution in [0.4, 0.5) is 0 Å². The molecule has 0 fully saturated rings. The van der Waals surface area contributed by atoms with Crippen molar-refractivity contribution >= 4 is 21.8 Å². The van der Waals surface area contributed by atoms with E-state index in [1.54, 1.807) is 23.9 Å². The standard InChI is InChI=1S/C15H26N2O2S2/c1-6-16-10-13-8-7-9-14(12(13)2)21(18,19)17-11-15(3,4)20-5/h7-9,16-17H,6,10-11H2,1-5H3. The number of benzene rings is 1. The van der Waals surface area contributed by atoms with E-state index in [9.17, 15) is 8.42 Å². The Morgan fingerprint density at radius 2 is 1.95 bits per heavy atom. The van der Waals surface area contributed by atoms with Crippen molar-refractivity contribution in [3.63, 3.8) is 0 Å². The summed E-state index contributed by atoms with van der Waals surface area (Å²) < 4.78 is 27.6. The Labute approximate surface area is 133 Å². The summed E-state index contributed by atoms with van der Waals surface area (Å²) in [6.07, 6.45) is 1.98. The van der Waals surface area contributed by atoms with E-state index in [1.165, 1.54) is 0 Å². The maximum absolute atomic E-state index is 12.5. The van der Waals surface area contributed by atoms with Crippen molar-refractivity contribution < 1.29 is 8.42 Å². The molecule has 120 valence electrons. The van der Waals surface area contributed by atoms with Gasteiger partial charge in [-0.3, -0.25) is 0 Å². The number of nitrogens with one attached hydrogen (secondary N) is 2. The maximum Gasteiger partial charge on any atom is 0.240 e. The van der Waals surface area contributed by atoms with Crippen LogP contribution in [-0.2, 0) is 16.6 Å². The van der Waals surface area contributed by atoms with Gasteiger partial charge in [0.25, 0.3) is 0 Å². The third-order valence-electron chi connectivity index (χ3n) is 3.49. The summed E-state index contributed by atoms with van der Waals surface area (Å²) in [5.74, 6) is 0. The van der Waals surface area contributed by atoms with E-state index in [0.717, 1.165) is 17.7 Å². The lowest BCUT2D eigenvalue weighted by Gasteiger charge is -2.22. The molecule has 1 aromatic carbocycles. The molecule has 1 aromatic rings. The molecule has 0 aromatic heterocycles. The van der Waals surface area contributed by atoms with Crippen LogP contribution < -0.4 is 10.0 Å². The third-order valence-corrected chi connectivity index (χ3v) is 6.29. The minimum atomic E-state index is -3.47. The Morgan fingerprint density at radius 3 is 2.52 bits per heavy atom. The molecule has 21 heavy (non-hydrogen) atoms. The number of thioether (sulfide) groups is 1. The number of hydrogen-bond acceptors (Lipinski definition) is 4. The Hall–Kier alpha value is -0.560. The quantitative estimate of drug-likeness (QED) is 0.769. The van der Waals surface area contributed by atoms with Crippen LogP contribution in [0.5, 0.6) is 0 Å². The molecule has 0 amide bonds. The second kappa shape index (κ2) is 7.63. The van der Waals surface area contributed by atoms with E-state index in [-0.39, 0.29) is 4.75 Å². The van der Waals surface area contributed by atoms with Crippen molar-refractivity contribution in [2.45, 2.75) is 43.9 Å². The topological polar surface area (TPSA) is 58.2 Å². The first-order valence-corrected chi connectivity index (χ1v) is 9.78. The summed E-state index contributed by atoms with van der Waals surface area (Å²) in [5, 5.41) is 3.23. The molecule has 0 heterocycles. The van der Waals surface area contributed by atoms with Gasteiger partial charge in [0.15, 0.2) is 0 Å². The number of sulfonamides is 1. The molecule has 0 aliphatic heterocycles. The highest BCUT2D eigenvalue weighted by molar-refractivity contribution is 8.00. The van der Waals surface area contributed by atoms with Gasteiger partial charge in [-0.1, -0.05) is 19.1 Å². The zero-order chi connectivity index (χ0) is 16.1. The molecule has 1 rings (SSSR count). The van der Waals surface area contributed by atoms with Crippen molar-refractivity contribution in [1.29, 1.82) is 0 Å². The molecule has 0 radical (unpaired) electrons. The van der Waals surface area contributed by atoms with E-state index < -0.39 is 10.0 Å². The average molecular weight is 331 g/mol. The van der Waals surface area contributed by atoms with E-state index in [1.807, 2.05) is 40.0 Å². The van der Waals surface area contributed by atoms with Gasteiger partial charge in [0.2, 0.25) is 10.0 Å². The molecule has 0 saturated carbocycles. The summed E-state index contributed by atoms with van der Waals surface area (Å²) >= 11 is 1.64. The van der Waals surface area contributed by atoms with Gasteiger partial charge in [-0.2, -0.15) is 11.8 Å². The predicted octanol–water partition coefficient (Wildman–Crippen LogP) is 2.52. The second-order valence-electron chi connectivity index (χ2n) is 5.61. The van der Waals surface area contributed by atoms with Crippen LogP contribution in [-0.4, -0.2) is 32.5 Å². The van der Waals surface area contributed by atoms with Crippen LogP contribution >= 0.6 is 11.8 Å². The summed E-state index contributed by atoms with van der Waals surface area (Å²) in [7, 11) is -3.47. The molecule has 6 heteroatoms. The molecule has 0 saturated heterocycles. The molecule has 0 atom stereocenters. The highest BCUT2D eigenvalue weighted by Gasteiger charge is 2.23. The van der Waals surface area contributed by atoms with Crippen molar-refractivity contribution in [2.75, 3.05) is 19.3 Å². The van der Waals surface area contributed by atoms with Gasteiger partial charge in [0.05, 0.1) is 4.90 Å². The van der Waals surface area contributed by atoms with Crippen LogP contribution in [0.1, 0.15) is 31.9 Å². The van der Waals surface area contributed by atoms with E-state index >= 15 is 0 Å². The van der Waals surface area contributed by atoms with Gasteiger partial charge < -0.3 is 5.32 Å². The largest absolute Gasteiger partial charge is 0.313 e. The summed E-state index contributed by atoms with van der Waals surface area (Å²) in [4.78, 5) is 0.370. The van der Waals surface area contributed by atoms with Crippen molar-refractivity contribution in [3.8, 4) is 0 Å². The van der Waals surface area contributed by atoms with Gasteiger partial charge in [-0.15, -0.1) is 0 Å². The molecule has 4 nitrogen and oxygen atoms in total. The molecular weight excluding hydrogens is 304 g/mol. The average Bonchev–Trinajstić information content (AvgIpc) is 2.44. The SMILES string of the molecule is CCNCc1cccc(S(=O)(=O)NCC(C)(C)SC)c1C. The maximum atomic E-state index is 12.5. The molecule has 0 spiro atoms. The lowest BCUT2D eigenvalue weighted by molar-refractivity contribution is 0.570. The number of rotatable bonds is 8. The molecular formula is C15H26N2O2S2. The van der Waals surface area contributed by atoms with E-state index in [0.29, 0.717) is 18.0 Å². The minimum Gasteiger partial charge on any atom is -0.313 e.